The molecule has 2 aromatic carbocycles. The van der Waals surface area contributed by atoms with Gasteiger partial charge in [0.15, 0.2) is 0 Å². The number of hydrogen-bond acceptors (Lipinski definition) is 3. The average Bonchev–Trinajstić information content (AvgIpc) is 2.72. The first kappa shape index (κ1) is 18.6. The summed E-state index contributed by atoms with van der Waals surface area (Å²) >= 11 is 0. The molecular formula is C23H25N3O. The highest BCUT2D eigenvalue weighted by Crippen LogP contribution is 2.12. The summed E-state index contributed by atoms with van der Waals surface area (Å²) in [6.07, 6.45) is 3.72. The van der Waals surface area contributed by atoms with Crippen molar-refractivity contribution in [3.63, 3.8) is 0 Å². The van der Waals surface area contributed by atoms with Gasteiger partial charge in [0.25, 0.3) is 5.91 Å². The van der Waals surface area contributed by atoms with Crippen LogP contribution < -0.4 is 5.32 Å². The summed E-state index contributed by atoms with van der Waals surface area (Å²) in [7, 11) is 1.82. The number of carbonyl (C=O) groups excluding carboxylic acids is 1. The zero-order chi connectivity index (χ0) is 18.9. The van der Waals surface area contributed by atoms with Gasteiger partial charge in [0, 0.05) is 31.9 Å². The Morgan fingerprint density at radius 1 is 0.963 bits per heavy atom. The molecule has 1 N–H and O–H groups in total. The molecule has 0 saturated heterocycles. The summed E-state index contributed by atoms with van der Waals surface area (Å²) in [6.45, 7) is 1.40. The molecule has 0 fully saturated rings. The number of nitrogens with one attached hydrogen (secondary N) is 1. The Balaban J connectivity index is 1.52. The van der Waals surface area contributed by atoms with Crippen LogP contribution in [0.4, 0.5) is 5.82 Å². The molecule has 138 valence electrons. The molecular weight excluding hydrogens is 334 g/mol. The molecule has 4 nitrogen and oxygen atoms in total. The third-order valence-electron chi connectivity index (χ3n) is 4.41. The lowest BCUT2D eigenvalue weighted by atomic mass is 10.1. The molecule has 3 aromatic rings. The van der Waals surface area contributed by atoms with E-state index in [1.807, 2.05) is 49.5 Å². The number of nitrogens with zero attached hydrogens (tertiary/aromatic N) is 2. The molecule has 27 heavy (non-hydrogen) atoms. The van der Waals surface area contributed by atoms with Gasteiger partial charge in [-0.05, 0) is 36.1 Å². The Kier molecular flexibility index (Phi) is 6.58. The predicted molar refractivity (Wildman–Crippen MR) is 110 cm³/mol. The third kappa shape index (κ3) is 5.68. The summed E-state index contributed by atoms with van der Waals surface area (Å²) in [5.74, 6) is 0.732. The lowest BCUT2D eigenvalue weighted by molar-refractivity contribution is 0.0785. The zero-order valence-corrected chi connectivity index (χ0v) is 15.6. The van der Waals surface area contributed by atoms with Gasteiger partial charge in [-0.25, -0.2) is 4.98 Å². The normalized spacial score (nSPS) is 10.4. The summed E-state index contributed by atoms with van der Waals surface area (Å²) in [5.41, 5.74) is 3.09. The maximum atomic E-state index is 12.7. The molecule has 0 spiro atoms. The number of aryl methyl sites for hydroxylation is 1. The topological polar surface area (TPSA) is 45.2 Å². The number of aromatic nitrogens is 1. The molecule has 0 radical (unpaired) electrons. The van der Waals surface area contributed by atoms with Gasteiger partial charge in [0.2, 0.25) is 0 Å². The molecule has 4 heteroatoms. The molecule has 0 atom stereocenters. The van der Waals surface area contributed by atoms with E-state index in [4.69, 9.17) is 0 Å². The fraction of sp³-hybridized carbons (Fsp3) is 0.217. The molecule has 0 aliphatic carbocycles. The number of amides is 1. The maximum Gasteiger partial charge on any atom is 0.254 e. The van der Waals surface area contributed by atoms with Crippen molar-refractivity contribution in [3.05, 3.63) is 95.7 Å². The Bertz CT molecular complexity index is 850. The van der Waals surface area contributed by atoms with Crippen LogP contribution in [0, 0.1) is 0 Å². The van der Waals surface area contributed by atoms with Crippen molar-refractivity contribution in [1.82, 2.24) is 9.88 Å². The molecule has 0 aliphatic heterocycles. The van der Waals surface area contributed by atoms with Gasteiger partial charge in [-0.3, -0.25) is 4.79 Å². The quantitative estimate of drug-likeness (QED) is 0.606. The second-order valence-electron chi connectivity index (χ2n) is 6.59. The van der Waals surface area contributed by atoms with Crippen LogP contribution in [0.15, 0.2) is 79.0 Å². The molecule has 0 unspecified atom stereocenters. The van der Waals surface area contributed by atoms with Crippen LogP contribution in [0.25, 0.3) is 0 Å². The fourth-order valence-corrected chi connectivity index (χ4v) is 2.96. The fourth-order valence-electron chi connectivity index (χ4n) is 2.96. The number of hydrogen-bond donors (Lipinski definition) is 1. The van der Waals surface area contributed by atoms with Crippen molar-refractivity contribution in [2.45, 2.75) is 19.4 Å². The number of pyridine rings is 1. The van der Waals surface area contributed by atoms with Gasteiger partial charge in [-0.2, -0.15) is 0 Å². The maximum absolute atomic E-state index is 12.7. The second-order valence-corrected chi connectivity index (χ2v) is 6.59. The van der Waals surface area contributed by atoms with E-state index in [-0.39, 0.29) is 5.91 Å². The van der Waals surface area contributed by atoms with Crippen LogP contribution in [0.3, 0.4) is 0 Å². The molecule has 0 aliphatic rings. The minimum Gasteiger partial charge on any atom is -0.370 e. The van der Waals surface area contributed by atoms with Crippen LogP contribution in [0.2, 0.25) is 0 Å². The molecule has 1 amide bonds. The largest absolute Gasteiger partial charge is 0.370 e. The van der Waals surface area contributed by atoms with Gasteiger partial charge in [0.1, 0.15) is 5.82 Å². The number of rotatable bonds is 8. The van der Waals surface area contributed by atoms with Crippen molar-refractivity contribution >= 4 is 11.7 Å². The lowest BCUT2D eigenvalue weighted by Crippen LogP contribution is -2.26. The first-order chi connectivity index (χ1) is 13.2. The van der Waals surface area contributed by atoms with Gasteiger partial charge in [0.05, 0.1) is 0 Å². The van der Waals surface area contributed by atoms with Gasteiger partial charge < -0.3 is 10.2 Å². The number of carbonyl (C=O) groups is 1. The van der Waals surface area contributed by atoms with Crippen molar-refractivity contribution in [2.24, 2.45) is 0 Å². The highest BCUT2D eigenvalue weighted by molar-refractivity contribution is 5.94. The van der Waals surface area contributed by atoms with E-state index in [0.29, 0.717) is 12.1 Å². The highest BCUT2D eigenvalue weighted by atomic mass is 16.2. The number of anilines is 1. The first-order valence-electron chi connectivity index (χ1n) is 9.25. The Labute approximate surface area is 160 Å². The molecule has 0 bridgehead atoms. The Hall–Kier alpha value is -3.14. The Morgan fingerprint density at radius 3 is 2.33 bits per heavy atom. The van der Waals surface area contributed by atoms with Crippen molar-refractivity contribution in [1.29, 1.82) is 0 Å². The van der Waals surface area contributed by atoms with Gasteiger partial charge >= 0.3 is 0 Å². The van der Waals surface area contributed by atoms with Gasteiger partial charge in [-0.15, -0.1) is 0 Å². The van der Waals surface area contributed by atoms with E-state index >= 15 is 0 Å². The smallest absolute Gasteiger partial charge is 0.254 e. The van der Waals surface area contributed by atoms with Gasteiger partial charge in [-0.1, -0.05) is 60.7 Å². The molecule has 1 heterocycles. The lowest BCUT2D eigenvalue weighted by Gasteiger charge is -2.17. The van der Waals surface area contributed by atoms with E-state index in [9.17, 15) is 4.79 Å². The zero-order valence-electron chi connectivity index (χ0n) is 15.6. The molecule has 3 rings (SSSR count). The van der Waals surface area contributed by atoms with Crippen molar-refractivity contribution in [3.8, 4) is 0 Å². The summed E-state index contributed by atoms with van der Waals surface area (Å²) in [4.78, 5) is 18.7. The van der Waals surface area contributed by atoms with Crippen LogP contribution in [0.1, 0.15) is 27.9 Å². The van der Waals surface area contributed by atoms with Crippen molar-refractivity contribution in [2.75, 3.05) is 18.9 Å². The Morgan fingerprint density at radius 2 is 1.63 bits per heavy atom. The summed E-state index contributed by atoms with van der Waals surface area (Å²) < 4.78 is 0. The van der Waals surface area contributed by atoms with Crippen LogP contribution in [-0.2, 0) is 13.0 Å². The standard InChI is InChI=1S/C23H25N3O/c1-26(18-20-11-6-3-7-12-20)23(27)21-14-16-25-22(17-21)24-15-8-13-19-9-4-2-5-10-19/h2-7,9-12,14,16-17H,8,13,15,18H2,1H3,(H,24,25). The average molecular weight is 359 g/mol. The van der Waals surface area contributed by atoms with Crippen LogP contribution in [-0.4, -0.2) is 29.4 Å². The number of benzene rings is 2. The predicted octanol–water partition coefficient (Wildman–Crippen LogP) is 4.40. The SMILES string of the molecule is CN(Cc1ccccc1)C(=O)c1ccnc(NCCCc2ccccc2)c1. The molecule has 1 aromatic heterocycles. The van der Waals surface area contributed by atoms with E-state index in [1.165, 1.54) is 5.56 Å². The summed E-state index contributed by atoms with van der Waals surface area (Å²) in [5, 5.41) is 3.32. The van der Waals surface area contributed by atoms with Crippen molar-refractivity contribution < 1.29 is 4.79 Å². The highest BCUT2D eigenvalue weighted by Gasteiger charge is 2.12. The van der Waals surface area contributed by atoms with Crippen LogP contribution in [0.5, 0.6) is 0 Å². The van der Waals surface area contributed by atoms with Crippen LogP contribution >= 0.6 is 0 Å². The first-order valence-corrected chi connectivity index (χ1v) is 9.25. The van der Waals surface area contributed by atoms with E-state index in [0.717, 1.165) is 30.8 Å². The third-order valence-corrected chi connectivity index (χ3v) is 4.41. The monoisotopic (exact) mass is 359 g/mol. The van der Waals surface area contributed by atoms with E-state index < -0.39 is 0 Å². The second kappa shape index (κ2) is 9.53. The summed E-state index contributed by atoms with van der Waals surface area (Å²) in [6, 6.07) is 24.0. The minimum absolute atomic E-state index is 0.00594. The minimum atomic E-state index is -0.00594. The molecule has 0 saturated carbocycles. The van der Waals surface area contributed by atoms with E-state index in [1.54, 1.807) is 17.2 Å². The van der Waals surface area contributed by atoms with E-state index in [2.05, 4.69) is 34.6 Å².